The van der Waals surface area contributed by atoms with Crippen LogP contribution in [-0.4, -0.2) is 10.5 Å². The summed E-state index contributed by atoms with van der Waals surface area (Å²) in [5.74, 6) is -0.216. The monoisotopic (exact) mass is 346 g/mol. The molecule has 5 heteroatoms. The molecule has 0 radical (unpaired) electrons. The van der Waals surface area contributed by atoms with Gasteiger partial charge in [0.15, 0.2) is 4.80 Å². The number of rotatable bonds is 1. The molecule has 1 amide bonds. The Morgan fingerprint density at radius 1 is 1.20 bits per heavy atom. The smallest absolute Gasteiger partial charge is 0.279 e. The van der Waals surface area contributed by atoms with Crippen molar-refractivity contribution in [1.82, 2.24) is 4.57 Å². The van der Waals surface area contributed by atoms with E-state index < -0.39 is 0 Å². The quantitative estimate of drug-likeness (QED) is 0.660. The number of aromatic nitrogens is 1. The van der Waals surface area contributed by atoms with Crippen molar-refractivity contribution in [3.8, 4) is 0 Å². The molecule has 0 aliphatic carbocycles. The molecule has 0 saturated heterocycles. The van der Waals surface area contributed by atoms with Crippen LogP contribution in [0.2, 0.25) is 0 Å². The van der Waals surface area contributed by atoms with Gasteiger partial charge in [0.25, 0.3) is 5.91 Å². The van der Waals surface area contributed by atoms with Gasteiger partial charge in [0.2, 0.25) is 0 Å². The zero-order valence-electron chi connectivity index (χ0n) is 10.7. The van der Waals surface area contributed by atoms with E-state index in [-0.39, 0.29) is 5.91 Å². The van der Waals surface area contributed by atoms with E-state index in [2.05, 4.69) is 20.9 Å². The zero-order chi connectivity index (χ0) is 14.1. The van der Waals surface area contributed by atoms with Gasteiger partial charge in [-0.2, -0.15) is 4.99 Å². The molecule has 0 aliphatic rings. The lowest BCUT2D eigenvalue weighted by Crippen LogP contribution is -2.13. The molecule has 0 bridgehead atoms. The molecule has 0 spiro atoms. The Balaban J connectivity index is 2.12. The third kappa shape index (κ3) is 2.46. The number of hydrogen-bond donors (Lipinski definition) is 0. The van der Waals surface area contributed by atoms with Crippen molar-refractivity contribution in [2.75, 3.05) is 0 Å². The predicted octanol–water partition coefficient (Wildman–Crippen LogP) is 3.74. The van der Waals surface area contributed by atoms with Crippen LogP contribution in [0.5, 0.6) is 0 Å². The fraction of sp³-hybridized carbons (Fsp3) is 0.0667. The van der Waals surface area contributed by atoms with Crippen molar-refractivity contribution in [3.05, 3.63) is 63.4 Å². The second-order valence-electron chi connectivity index (χ2n) is 4.34. The molecule has 0 unspecified atom stereocenters. The number of fused-ring (bicyclic) bond motifs is 1. The van der Waals surface area contributed by atoms with Gasteiger partial charge in [-0.3, -0.25) is 4.79 Å². The molecule has 0 N–H and O–H groups in total. The zero-order valence-corrected chi connectivity index (χ0v) is 13.1. The van der Waals surface area contributed by atoms with Gasteiger partial charge in [-0.25, -0.2) is 0 Å². The number of aryl methyl sites for hydroxylation is 1. The topological polar surface area (TPSA) is 34.4 Å². The van der Waals surface area contributed by atoms with Gasteiger partial charge in [-0.1, -0.05) is 45.5 Å². The van der Waals surface area contributed by atoms with E-state index in [4.69, 9.17) is 0 Å². The molecule has 3 nitrogen and oxygen atoms in total. The van der Waals surface area contributed by atoms with Crippen molar-refractivity contribution < 1.29 is 4.79 Å². The third-order valence-corrected chi connectivity index (χ3v) is 4.58. The molecule has 0 fully saturated rings. The van der Waals surface area contributed by atoms with E-state index in [1.165, 1.54) is 11.3 Å². The minimum absolute atomic E-state index is 0.216. The first-order chi connectivity index (χ1) is 9.65. The van der Waals surface area contributed by atoms with E-state index >= 15 is 0 Å². The highest BCUT2D eigenvalue weighted by atomic mass is 79.9. The summed E-state index contributed by atoms with van der Waals surface area (Å²) >= 11 is 4.96. The minimum atomic E-state index is -0.216. The summed E-state index contributed by atoms with van der Waals surface area (Å²) in [6, 6.07) is 15.1. The number of hydrogen-bond acceptors (Lipinski definition) is 2. The summed E-state index contributed by atoms with van der Waals surface area (Å²) in [6.07, 6.45) is 0. The number of carbonyl (C=O) groups is 1. The molecule has 0 aliphatic heterocycles. The fourth-order valence-corrected chi connectivity index (χ4v) is 3.52. The molecule has 100 valence electrons. The number of nitrogens with zero attached hydrogens (tertiary/aromatic N) is 2. The van der Waals surface area contributed by atoms with E-state index in [0.29, 0.717) is 10.4 Å². The summed E-state index contributed by atoms with van der Waals surface area (Å²) in [6.45, 7) is 0. The molecular formula is C15H11BrN2OS. The molecule has 0 atom stereocenters. The highest BCUT2D eigenvalue weighted by Crippen LogP contribution is 2.21. The molecule has 1 aromatic heterocycles. The van der Waals surface area contributed by atoms with Crippen LogP contribution in [0.15, 0.2) is 58.0 Å². The van der Waals surface area contributed by atoms with Gasteiger partial charge < -0.3 is 4.57 Å². The lowest BCUT2D eigenvalue weighted by Gasteiger charge is -1.96. The number of carbonyl (C=O) groups excluding carboxylic acids is 1. The SMILES string of the molecule is Cn1c(=NC(=O)c2ccccc2)sc2cc(Br)ccc21. The first kappa shape index (κ1) is 13.3. The highest BCUT2D eigenvalue weighted by Gasteiger charge is 2.06. The van der Waals surface area contributed by atoms with Crippen molar-refractivity contribution >= 4 is 43.4 Å². The van der Waals surface area contributed by atoms with Crippen LogP contribution >= 0.6 is 27.3 Å². The van der Waals surface area contributed by atoms with Crippen molar-refractivity contribution in [1.29, 1.82) is 0 Å². The summed E-state index contributed by atoms with van der Waals surface area (Å²) in [5, 5.41) is 0. The maximum absolute atomic E-state index is 12.1. The fourth-order valence-electron chi connectivity index (χ4n) is 1.95. The Morgan fingerprint density at radius 2 is 1.95 bits per heavy atom. The van der Waals surface area contributed by atoms with Crippen LogP contribution in [0.25, 0.3) is 10.2 Å². The summed E-state index contributed by atoms with van der Waals surface area (Å²) < 4.78 is 4.06. The standard InChI is InChI=1S/C15H11BrN2OS/c1-18-12-8-7-11(16)9-13(12)20-15(18)17-14(19)10-5-3-2-4-6-10/h2-9H,1H3. The average molecular weight is 347 g/mol. The van der Waals surface area contributed by atoms with Gasteiger partial charge in [0, 0.05) is 17.1 Å². The Hall–Kier alpha value is -1.72. The van der Waals surface area contributed by atoms with Gasteiger partial charge in [0.05, 0.1) is 10.2 Å². The van der Waals surface area contributed by atoms with E-state index in [9.17, 15) is 4.79 Å². The normalized spacial score (nSPS) is 12.0. The van der Waals surface area contributed by atoms with E-state index in [0.717, 1.165) is 14.7 Å². The summed E-state index contributed by atoms with van der Waals surface area (Å²) in [4.78, 5) is 17.1. The van der Waals surface area contributed by atoms with Gasteiger partial charge in [-0.15, -0.1) is 0 Å². The number of amides is 1. The summed E-state index contributed by atoms with van der Waals surface area (Å²) in [7, 11) is 1.92. The van der Waals surface area contributed by atoms with Crippen LogP contribution in [0.3, 0.4) is 0 Å². The number of halogens is 1. The Labute approximate surface area is 128 Å². The van der Waals surface area contributed by atoms with Crippen LogP contribution in [-0.2, 0) is 7.05 Å². The molecule has 3 rings (SSSR count). The molecular weight excluding hydrogens is 336 g/mol. The van der Waals surface area contributed by atoms with E-state index in [1.54, 1.807) is 12.1 Å². The number of benzene rings is 2. The second kappa shape index (κ2) is 5.34. The molecule has 2 aromatic carbocycles. The van der Waals surface area contributed by atoms with Crippen LogP contribution in [0, 0.1) is 0 Å². The van der Waals surface area contributed by atoms with Crippen molar-refractivity contribution in [2.24, 2.45) is 12.0 Å². The second-order valence-corrected chi connectivity index (χ2v) is 6.26. The first-order valence-electron chi connectivity index (χ1n) is 6.04. The minimum Gasteiger partial charge on any atom is -0.319 e. The largest absolute Gasteiger partial charge is 0.319 e. The van der Waals surface area contributed by atoms with Crippen molar-refractivity contribution in [2.45, 2.75) is 0 Å². The third-order valence-electron chi connectivity index (χ3n) is 2.99. The lowest BCUT2D eigenvalue weighted by atomic mass is 10.2. The average Bonchev–Trinajstić information content (AvgIpc) is 2.75. The Kier molecular flexibility index (Phi) is 3.54. The maximum Gasteiger partial charge on any atom is 0.279 e. The molecule has 1 heterocycles. The van der Waals surface area contributed by atoms with Gasteiger partial charge >= 0.3 is 0 Å². The highest BCUT2D eigenvalue weighted by molar-refractivity contribution is 9.10. The number of thiazole rings is 1. The van der Waals surface area contributed by atoms with Gasteiger partial charge in [-0.05, 0) is 30.3 Å². The maximum atomic E-state index is 12.1. The predicted molar refractivity (Wildman–Crippen MR) is 84.8 cm³/mol. The van der Waals surface area contributed by atoms with Crippen LogP contribution in [0.1, 0.15) is 10.4 Å². The van der Waals surface area contributed by atoms with E-state index in [1.807, 2.05) is 48.0 Å². The molecule has 3 aromatic rings. The first-order valence-corrected chi connectivity index (χ1v) is 7.65. The molecule has 0 saturated carbocycles. The van der Waals surface area contributed by atoms with Crippen LogP contribution < -0.4 is 4.80 Å². The van der Waals surface area contributed by atoms with Crippen molar-refractivity contribution in [3.63, 3.8) is 0 Å². The Morgan fingerprint density at radius 3 is 2.70 bits per heavy atom. The lowest BCUT2D eigenvalue weighted by molar-refractivity contribution is 0.0998. The van der Waals surface area contributed by atoms with Gasteiger partial charge in [0.1, 0.15) is 0 Å². The summed E-state index contributed by atoms with van der Waals surface area (Å²) in [5.41, 5.74) is 1.67. The van der Waals surface area contributed by atoms with Crippen LogP contribution in [0.4, 0.5) is 0 Å². The Bertz CT molecular complexity index is 849. The molecule has 20 heavy (non-hydrogen) atoms.